The molecule has 8 nitrogen and oxygen atoms in total. The molecule has 0 radical (unpaired) electrons. The van der Waals surface area contributed by atoms with Crippen LogP contribution in [0.1, 0.15) is 24.2 Å². The van der Waals surface area contributed by atoms with Crippen molar-refractivity contribution in [3.05, 3.63) is 78.1 Å². The first-order valence-corrected chi connectivity index (χ1v) is 12.8. The van der Waals surface area contributed by atoms with Gasteiger partial charge in [0, 0.05) is 19.5 Å². The number of hydrogen-bond acceptors (Lipinski definition) is 6. The highest BCUT2D eigenvalue weighted by Gasteiger charge is 2.12. The van der Waals surface area contributed by atoms with E-state index in [-0.39, 0.29) is 12.3 Å². The summed E-state index contributed by atoms with van der Waals surface area (Å²) in [6.07, 6.45) is 2.70. The Morgan fingerprint density at radius 2 is 1.63 bits per heavy atom. The Bertz CT molecular complexity index is 1330. The average molecular weight is 518 g/mol. The molecule has 1 N–H and O–H groups in total. The molecule has 0 fully saturated rings. The molecule has 1 amide bonds. The minimum atomic E-state index is -0.0265. The second-order valence-electron chi connectivity index (χ2n) is 8.87. The van der Waals surface area contributed by atoms with Crippen molar-refractivity contribution in [3.63, 3.8) is 0 Å². The summed E-state index contributed by atoms with van der Waals surface area (Å²) in [7, 11) is 4.83. The first kappa shape index (κ1) is 26.9. The molecule has 0 saturated carbocycles. The lowest BCUT2D eigenvalue weighted by Crippen LogP contribution is -2.26. The Morgan fingerprint density at radius 3 is 2.39 bits per heavy atom. The summed E-state index contributed by atoms with van der Waals surface area (Å²) in [5, 5.41) is 3.02. The van der Waals surface area contributed by atoms with Crippen LogP contribution in [-0.4, -0.2) is 49.9 Å². The maximum Gasteiger partial charge on any atom is 0.224 e. The molecule has 1 aromatic heterocycles. The van der Waals surface area contributed by atoms with Crippen LogP contribution >= 0.6 is 0 Å². The van der Waals surface area contributed by atoms with Gasteiger partial charge < -0.3 is 28.8 Å². The molecule has 200 valence electrons. The number of benzene rings is 3. The number of aromatic nitrogens is 2. The molecule has 0 bridgehead atoms. The summed E-state index contributed by atoms with van der Waals surface area (Å²) < 4.78 is 24.0. The molecule has 0 aliphatic carbocycles. The van der Waals surface area contributed by atoms with Gasteiger partial charge in [0.1, 0.15) is 17.3 Å². The number of fused-ring (bicyclic) bond motifs is 1. The lowest BCUT2D eigenvalue weighted by Gasteiger charge is -2.11. The minimum absolute atomic E-state index is 0.0265. The average Bonchev–Trinajstić information content (AvgIpc) is 3.30. The Labute approximate surface area is 223 Å². The molecular formula is C30H35N3O5. The summed E-state index contributed by atoms with van der Waals surface area (Å²) >= 11 is 0. The zero-order valence-electron chi connectivity index (χ0n) is 22.2. The van der Waals surface area contributed by atoms with E-state index in [4.69, 9.17) is 23.9 Å². The highest BCUT2D eigenvalue weighted by Crippen LogP contribution is 2.27. The van der Waals surface area contributed by atoms with Gasteiger partial charge in [0.15, 0.2) is 11.5 Å². The van der Waals surface area contributed by atoms with Crippen LogP contribution in [0.25, 0.3) is 11.0 Å². The van der Waals surface area contributed by atoms with Crippen molar-refractivity contribution in [1.82, 2.24) is 14.9 Å². The number of methoxy groups -OCH3 is 3. The van der Waals surface area contributed by atoms with Gasteiger partial charge in [0.25, 0.3) is 0 Å². The largest absolute Gasteiger partial charge is 0.497 e. The summed E-state index contributed by atoms with van der Waals surface area (Å²) in [4.78, 5) is 17.3. The van der Waals surface area contributed by atoms with E-state index in [9.17, 15) is 4.79 Å². The summed E-state index contributed by atoms with van der Waals surface area (Å²) in [5.74, 6) is 3.89. The number of amides is 1. The summed E-state index contributed by atoms with van der Waals surface area (Å²) in [6, 6.07) is 21.3. The molecule has 1 heterocycles. The number of nitrogens with one attached hydrogen (secondary N) is 1. The lowest BCUT2D eigenvalue weighted by molar-refractivity contribution is -0.120. The van der Waals surface area contributed by atoms with E-state index in [0.717, 1.165) is 59.7 Å². The number of ether oxygens (including phenoxy) is 4. The number of imidazole rings is 1. The van der Waals surface area contributed by atoms with Gasteiger partial charge in [0.2, 0.25) is 5.91 Å². The predicted molar refractivity (Wildman–Crippen MR) is 147 cm³/mol. The number of nitrogens with zero attached hydrogens (tertiary/aromatic N) is 2. The number of carbonyl (C=O) groups is 1. The Kier molecular flexibility index (Phi) is 9.45. The molecule has 0 saturated heterocycles. The molecule has 38 heavy (non-hydrogen) atoms. The van der Waals surface area contributed by atoms with E-state index < -0.39 is 0 Å². The van der Waals surface area contributed by atoms with Gasteiger partial charge in [-0.15, -0.1) is 0 Å². The van der Waals surface area contributed by atoms with E-state index >= 15 is 0 Å². The number of aryl methyl sites for hydroxylation is 2. The summed E-state index contributed by atoms with van der Waals surface area (Å²) in [6.45, 7) is 1.98. The van der Waals surface area contributed by atoms with E-state index in [1.807, 2.05) is 60.7 Å². The van der Waals surface area contributed by atoms with Gasteiger partial charge in [-0.25, -0.2) is 4.98 Å². The molecule has 4 rings (SSSR count). The fourth-order valence-electron chi connectivity index (χ4n) is 4.36. The Hall–Kier alpha value is -4.20. The molecule has 0 aliphatic heterocycles. The normalized spacial score (nSPS) is 10.8. The third-order valence-electron chi connectivity index (χ3n) is 6.30. The fourth-order valence-corrected chi connectivity index (χ4v) is 4.36. The smallest absolute Gasteiger partial charge is 0.224 e. The van der Waals surface area contributed by atoms with E-state index in [1.54, 1.807) is 21.3 Å². The van der Waals surface area contributed by atoms with Crippen LogP contribution < -0.4 is 24.3 Å². The number of hydrogen-bond donors (Lipinski definition) is 1. The number of carbonyl (C=O) groups excluding carboxylic acids is 1. The number of para-hydroxylation sites is 2. The fraction of sp³-hybridized carbons (Fsp3) is 0.333. The maximum absolute atomic E-state index is 12.5. The monoisotopic (exact) mass is 517 g/mol. The van der Waals surface area contributed by atoms with Crippen LogP contribution in [0.4, 0.5) is 0 Å². The van der Waals surface area contributed by atoms with Crippen LogP contribution in [0, 0.1) is 0 Å². The van der Waals surface area contributed by atoms with E-state index in [1.165, 1.54) is 0 Å². The molecule has 0 spiro atoms. The minimum Gasteiger partial charge on any atom is -0.497 e. The SMILES string of the molecule is COc1ccc(OCCCn2c(CCCNC(=O)Cc3ccc(OC)c(OC)c3)nc3ccccc32)cc1. The van der Waals surface area contributed by atoms with Crippen LogP contribution in [0.2, 0.25) is 0 Å². The quantitative estimate of drug-likeness (QED) is 0.242. The van der Waals surface area contributed by atoms with Crippen molar-refractivity contribution in [2.45, 2.75) is 32.2 Å². The molecule has 0 unspecified atom stereocenters. The Balaban J connectivity index is 1.28. The van der Waals surface area contributed by atoms with Gasteiger partial charge in [-0.2, -0.15) is 0 Å². The first-order chi connectivity index (χ1) is 18.6. The van der Waals surface area contributed by atoms with Crippen molar-refractivity contribution in [1.29, 1.82) is 0 Å². The van der Waals surface area contributed by atoms with Crippen molar-refractivity contribution < 1.29 is 23.7 Å². The molecule has 0 atom stereocenters. The van der Waals surface area contributed by atoms with Crippen LogP contribution in [0.3, 0.4) is 0 Å². The second kappa shape index (κ2) is 13.4. The predicted octanol–water partition coefficient (Wildman–Crippen LogP) is 4.82. The van der Waals surface area contributed by atoms with Crippen LogP contribution in [-0.2, 0) is 24.2 Å². The van der Waals surface area contributed by atoms with Crippen molar-refractivity contribution in [3.8, 4) is 23.0 Å². The number of rotatable bonds is 14. The molecule has 8 heteroatoms. The van der Waals surface area contributed by atoms with Crippen LogP contribution in [0.15, 0.2) is 66.7 Å². The maximum atomic E-state index is 12.5. The highest BCUT2D eigenvalue weighted by atomic mass is 16.5. The standard InChI is InChI=1S/C30H35N3O5/c1-35-23-12-14-24(15-13-23)38-19-7-18-33-26-9-5-4-8-25(26)32-29(33)10-6-17-31-30(34)21-22-11-16-27(36-2)28(20-22)37-3/h4-5,8-9,11-16,20H,6-7,10,17-19,21H2,1-3H3,(H,31,34). The van der Waals surface area contributed by atoms with Gasteiger partial charge in [-0.1, -0.05) is 18.2 Å². The van der Waals surface area contributed by atoms with Gasteiger partial charge in [0.05, 0.1) is 45.4 Å². The molecule has 3 aromatic carbocycles. The Morgan fingerprint density at radius 1 is 0.868 bits per heavy atom. The molecule has 4 aromatic rings. The van der Waals surface area contributed by atoms with Crippen LogP contribution in [0.5, 0.6) is 23.0 Å². The van der Waals surface area contributed by atoms with Crippen molar-refractivity contribution in [2.24, 2.45) is 0 Å². The van der Waals surface area contributed by atoms with E-state index in [0.29, 0.717) is 24.7 Å². The topological polar surface area (TPSA) is 83.8 Å². The zero-order chi connectivity index (χ0) is 26.7. The third kappa shape index (κ3) is 6.97. The van der Waals surface area contributed by atoms with Gasteiger partial charge in [-0.05, 0) is 66.9 Å². The van der Waals surface area contributed by atoms with Crippen molar-refractivity contribution >= 4 is 16.9 Å². The van der Waals surface area contributed by atoms with Crippen molar-refractivity contribution in [2.75, 3.05) is 34.5 Å². The van der Waals surface area contributed by atoms with Gasteiger partial charge in [-0.3, -0.25) is 4.79 Å². The molecular weight excluding hydrogens is 482 g/mol. The zero-order valence-corrected chi connectivity index (χ0v) is 22.2. The second-order valence-corrected chi connectivity index (χ2v) is 8.87. The molecule has 0 aliphatic rings. The first-order valence-electron chi connectivity index (χ1n) is 12.8. The summed E-state index contributed by atoms with van der Waals surface area (Å²) in [5.41, 5.74) is 2.97. The third-order valence-corrected chi connectivity index (χ3v) is 6.30. The van der Waals surface area contributed by atoms with Gasteiger partial charge >= 0.3 is 0 Å². The van der Waals surface area contributed by atoms with E-state index in [2.05, 4.69) is 16.0 Å². The lowest BCUT2D eigenvalue weighted by atomic mass is 10.1. The highest BCUT2D eigenvalue weighted by molar-refractivity contribution is 5.79.